The summed E-state index contributed by atoms with van der Waals surface area (Å²) in [5, 5.41) is 11.7. The Morgan fingerprint density at radius 2 is 1.70 bits per heavy atom. The van der Waals surface area contributed by atoms with Gasteiger partial charge in [-0.3, -0.25) is 9.59 Å². The lowest BCUT2D eigenvalue weighted by atomic mass is 9.86. The van der Waals surface area contributed by atoms with E-state index in [1.807, 2.05) is 51.1 Å². The summed E-state index contributed by atoms with van der Waals surface area (Å²) >= 11 is 2.86. The number of thioether (sulfide) groups is 2. The normalized spacial score (nSPS) is 26.3. The highest BCUT2D eigenvalue weighted by atomic mass is 32.2. The van der Waals surface area contributed by atoms with E-state index in [4.69, 9.17) is 0 Å². The van der Waals surface area contributed by atoms with E-state index in [2.05, 4.69) is 29.6 Å². The lowest BCUT2D eigenvalue weighted by Gasteiger charge is -2.51. The Bertz CT molecular complexity index is 1070. The van der Waals surface area contributed by atoms with Crippen molar-refractivity contribution >= 4 is 41.3 Å². The number of aliphatic carboxylic acids is 1. The molecule has 2 aromatic rings. The number of benzene rings is 2. The van der Waals surface area contributed by atoms with E-state index in [-0.39, 0.29) is 17.2 Å². The number of nitrogens with zero attached hydrogens (tertiary/aromatic N) is 1. The van der Waals surface area contributed by atoms with Gasteiger partial charge < -0.3 is 15.3 Å². The summed E-state index contributed by atoms with van der Waals surface area (Å²) in [7, 11) is 0. The fourth-order valence-corrected chi connectivity index (χ4v) is 6.98. The highest BCUT2D eigenvalue weighted by Crippen LogP contribution is 2.54. The van der Waals surface area contributed by atoms with Gasteiger partial charge in [-0.05, 0) is 57.4 Å². The van der Waals surface area contributed by atoms with Crippen LogP contribution in [-0.2, 0) is 20.8 Å². The molecule has 0 saturated carbocycles. The molecule has 6 nitrogen and oxygen atoms in total. The van der Waals surface area contributed by atoms with Crippen LogP contribution in [0.25, 0.3) is 0 Å². The molecule has 2 aromatic carbocycles. The Hall–Kier alpha value is -2.45. The highest BCUT2D eigenvalue weighted by Gasteiger charge is 2.70. The second kappa shape index (κ2) is 8.72. The summed E-state index contributed by atoms with van der Waals surface area (Å²) in [5.41, 5.74) is 1.35. The smallest absolute Gasteiger partial charge is 0.327 e. The number of carbonyl (C=O) groups is 3. The molecule has 8 heteroatoms. The quantitative estimate of drug-likeness (QED) is 0.460. The van der Waals surface area contributed by atoms with E-state index in [0.717, 1.165) is 11.3 Å². The number of carboxylic acid groups (broad SMARTS) is 1. The molecule has 2 heterocycles. The van der Waals surface area contributed by atoms with Gasteiger partial charge >= 0.3 is 5.97 Å². The third-order valence-electron chi connectivity index (χ3n) is 6.25. The fourth-order valence-electron chi connectivity index (χ4n) is 4.47. The molecule has 2 N–H and O–H groups in total. The van der Waals surface area contributed by atoms with Gasteiger partial charge in [-0.1, -0.05) is 42.5 Å². The van der Waals surface area contributed by atoms with E-state index in [0.29, 0.717) is 0 Å². The van der Waals surface area contributed by atoms with Crippen LogP contribution in [0.15, 0.2) is 59.5 Å². The van der Waals surface area contributed by atoms with Gasteiger partial charge in [-0.15, -0.1) is 23.5 Å². The first-order chi connectivity index (χ1) is 15.5. The van der Waals surface area contributed by atoms with Gasteiger partial charge in [0, 0.05) is 9.64 Å². The Kier molecular flexibility index (Phi) is 6.26. The molecule has 2 aliphatic rings. The third kappa shape index (κ3) is 4.38. The predicted molar refractivity (Wildman–Crippen MR) is 131 cm³/mol. The van der Waals surface area contributed by atoms with Crippen LogP contribution in [0.2, 0.25) is 0 Å². The summed E-state index contributed by atoms with van der Waals surface area (Å²) in [6.07, 6.45) is 0.853. The van der Waals surface area contributed by atoms with Gasteiger partial charge in [0.1, 0.15) is 17.0 Å². The van der Waals surface area contributed by atoms with Gasteiger partial charge in [-0.2, -0.15) is 0 Å². The lowest BCUT2D eigenvalue weighted by Crippen LogP contribution is -2.78. The molecule has 0 aliphatic carbocycles. The van der Waals surface area contributed by atoms with Gasteiger partial charge in [0.15, 0.2) is 0 Å². The van der Waals surface area contributed by atoms with Crippen LogP contribution < -0.4 is 5.32 Å². The topological polar surface area (TPSA) is 86.7 Å². The Labute approximate surface area is 202 Å². The zero-order valence-corrected chi connectivity index (χ0v) is 20.7. The van der Waals surface area contributed by atoms with Crippen molar-refractivity contribution in [3.63, 3.8) is 0 Å². The third-order valence-corrected chi connectivity index (χ3v) is 9.12. The Morgan fingerprint density at radius 1 is 1.09 bits per heavy atom. The maximum atomic E-state index is 12.9. The summed E-state index contributed by atoms with van der Waals surface area (Å²) in [6.45, 7) is 7.15. The summed E-state index contributed by atoms with van der Waals surface area (Å²) in [4.78, 5) is 39.9. The number of fused-ring (bicyclic) bond motifs is 1. The molecule has 2 amide bonds. The van der Waals surface area contributed by atoms with Crippen molar-refractivity contribution in [1.82, 2.24) is 10.2 Å². The number of β-lactam (4-membered cyclic amide) rings is 1. The number of nitrogens with one attached hydrogen (secondary N) is 1. The first kappa shape index (κ1) is 23.7. The van der Waals surface area contributed by atoms with Gasteiger partial charge in [0.25, 0.3) is 5.91 Å². The average Bonchev–Trinajstić information content (AvgIpc) is 3.05. The largest absolute Gasteiger partial charge is 0.480 e. The minimum Gasteiger partial charge on any atom is -0.480 e. The van der Waals surface area contributed by atoms with Crippen LogP contribution in [0.4, 0.5) is 0 Å². The van der Waals surface area contributed by atoms with E-state index in [1.165, 1.54) is 39.6 Å². The summed E-state index contributed by atoms with van der Waals surface area (Å²) < 4.78 is -0.628. The van der Waals surface area contributed by atoms with E-state index in [9.17, 15) is 19.5 Å². The van der Waals surface area contributed by atoms with Gasteiger partial charge in [0.05, 0.1) is 5.25 Å². The maximum Gasteiger partial charge on any atom is 0.327 e. The highest BCUT2D eigenvalue weighted by molar-refractivity contribution is 8.01. The molecule has 2 aliphatic heterocycles. The zero-order valence-electron chi connectivity index (χ0n) is 19.1. The minimum atomic E-state index is -1.10. The molecule has 2 fully saturated rings. The second-order valence-electron chi connectivity index (χ2n) is 9.28. The number of carboxylic acids is 1. The van der Waals surface area contributed by atoms with E-state index < -0.39 is 27.5 Å². The van der Waals surface area contributed by atoms with Crippen LogP contribution >= 0.6 is 23.5 Å². The first-order valence-electron chi connectivity index (χ1n) is 10.9. The number of hydrogen-bond donors (Lipinski definition) is 2. The van der Waals surface area contributed by atoms with Crippen molar-refractivity contribution in [3.8, 4) is 0 Å². The molecule has 0 bridgehead atoms. The fraction of sp³-hybridized carbons (Fsp3) is 0.400. The maximum absolute atomic E-state index is 12.9. The summed E-state index contributed by atoms with van der Waals surface area (Å²) in [5.74, 6) is -1.59. The SMILES string of the molecule is CC(Sc1ccc(Cc2ccccc2)cc1)C(=O)N[C@@]1(C)C(=O)N2[C@@H](C(=O)O)C(C)(C)S[C@@H]21. The van der Waals surface area contributed by atoms with Crippen molar-refractivity contribution in [2.24, 2.45) is 0 Å². The van der Waals surface area contributed by atoms with E-state index >= 15 is 0 Å². The first-order valence-corrected chi connectivity index (χ1v) is 12.6. The summed E-state index contributed by atoms with van der Waals surface area (Å²) in [6, 6.07) is 17.5. The Morgan fingerprint density at radius 3 is 2.30 bits per heavy atom. The van der Waals surface area contributed by atoms with Crippen LogP contribution in [0.5, 0.6) is 0 Å². The van der Waals surface area contributed by atoms with Crippen molar-refractivity contribution in [1.29, 1.82) is 0 Å². The van der Waals surface area contributed by atoms with E-state index in [1.54, 1.807) is 6.92 Å². The van der Waals surface area contributed by atoms with Gasteiger partial charge in [-0.25, -0.2) is 4.79 Å². The second-order valence-corrected chi connectivity index (χ2v) is 12.4. The van der Waals surface area contributed by atoms with Crippen molar-refractivity contribution in [2.75, 3.05) is 0 Å². The number of rotatable bonds is 7. The van der Waals surface area contributed by atoms with Gasteiger partial charge in [0.2, 0.25) is 5.91 Å². The number of hydrogen-bond acceptors (Lipinski definition) is 5. The molecule has 4 rings (SSSR count). The Balaban J connectivity index is 1.37. The predicted octanol–water partition coefficient (Wildman–Crippen LogP) is 3.78. The molecule has 4 atom stereocenters. The monoisotopic (exact) mass is 484 g/mol. The molecule has 0 radical (unpaired) electrons. The van der Waals surface area contributed by atoms with Crippen LogP contribution in [0, 0.1) is 0 Å². The number of carbonyl (C=O) groups excluding carboxylic acids is 2. The molecule has 33 heavy (non-hydrogen) atoms. The lowest BCUT2D eigenvalue weighted by molar-refractivity contribution is -0.167. The molecular weight excluding hydrogens is 456 g/mol. The van der Waals surface area contributed by atoms with Crippen LogP contribution in [0.1, 0.15) is 38.8 Å². The van der Waals surface area contributed by atoms with Crippen LogP contribution in [0.3, 0.4) is 0 Å². The molecule has 0 spiro atoms. The zero-order chi connectivity index (χ0) is 24.0. The standard InChI is InChI=1S/C25H28N2O4S2/c1-15(32-18-12-10-17(11-13-18)14-16-8-6-5-7-9-16)20(28)26-25(4)22(31)27-19(21(29)30)24(2,3)33-23(25)27/h5-13,15,19,23H,14H2,1-4H3,(H,26,28)(H,29,30)/t15?,19-,23+,25-/m0/s1. The van der Waals surface area contributed by atoms with Crippen LogP contribution in [-0.4, -0.2) is 54.7 Å². The number of amides is 2. The van der Waals surface area contributed by atoms with Crippen molar-refractivity contribution < 1.29 is 19.5 Å². The molecule has 174 valence electrons. The van der Waals surface area contributed by atoms with Crippen molar-refractivity contribution in [3.05, 3.63) is 65.7 Å². The minimum absolute atomic E-state index is 0.235. The molecular formula is C25H28N2O4S2. The molecule has 2 saturated heterocycles. The molecule has 1 unspecified atom stereocenters. The van der Waals surface area contributed by atoms with Crippen molar-refractivity contribution in [2.45, 2.75) is 66.0 Å². The average molecular weight is 485 g/mol. The molecule has 0 aromatic heterocycles.